The van der Waals surface area contributed by atoms with Crippen molar-refractivity contribution in [3.05, 3.63) is 58.9 Å². The predicted molar refractivity (Wildman–Crippen MR) is 115 cm³/mol. The van der Waals surface area contributed by atoms with Gasteiger partial charge in [0.25, 0.3) is 5.91 Å². The molecule has 2 aromatic rings. The van der Waals surface area contributed by atoms with Crippen molar-refractivity contribution in [1.29, 1.82) is 0 Å². The van der Waals surface area contributed by atoms with Gasteiger partial charge in [-0.3, -0.25) is 9.59 Å². The third-order valence-electron chi connectivity index (χ3n) is 4.82. The number of ether oxygens (including phenoxy) is 1. The molecule has 0 aliphatic carbocycles. The molecule has 1 heterocycles. The minimum absolute atomic E-state index is 0.0123. The Kier molecular flexibility index (Phi) is 9.22. The van der Waals surface area contributed by atoms with Gasteiger partial charge in [0.05, 0.1) is 23.7 Å². The molecule has 0 N–H and O–H groups in total. The standard InChI is InChI=1S/C22H30ClN3O3/c1-4-5-13-25(16-18-9-8-12-24(18)2)21(27)17-26(14-15-29-3)22(28)19-10-6-7-11-20(19)23/h6-12H,4-5,13-17H2,1-3H3. The molecule has 7 heteroatoms. The summed E-state index contributed by atoms with van der Waals surface area (Å²) in [6, 6.07) is 10.9. The predicted octanol–water partition coefficient (Wildman–Crippen LogP) is 3.60. The molecule has 0 atom stereocenters. The lowest BCUT2D eigenvalue weighted by Crippen LogP contribution is -2.44. The number of benzene rings is 1. The Hall–Kier alpha value is -2.31. The van der Waals surface area contributed by atoms with Crippen LogP contribution in [-0.2, 0) is 23.1 Å². The average Bonchev–Trinajstić information content (AvgIpc) is 3.12. The van der Waals surface area contributed by atoms with Gasteiger partial charge in [0.15, 0.2) is 0 Å². The molecule has 0 fully saturated rings. The lowest BCUT2D eigenvalue weighted by atomic mass is 10.2. The van der Waals surface area contributed by atoms with Crippen LogP contribution >= 0.6 is 11.6 Å². The average molecular weight is 420 g/mol. The lowest BCUT2D eigenvalue weighted by Gasteiger charge is -2.28. The number of hydrogen-bond acceptors (Lipinski definition) is 3. The number of unbranched alkanes of at least 4 members (excludes halogenated alkanes) is 1. The number of halogens is 1. The first-order valence-electron chi connectivity index (χ1n) is 9.88. The number of aromatic nitrogens is 1. The van der Waals surface area contributed by atoms with Gasteiger partial charge in [-0.05, 0) is 30.7 Å². The smallest absolute Gasteiger partial charge is 0.255 e. The van der Waals surface area contributed by atoms with E-state index in [0.29, 0.717) is 36.8 Å². The maximum absolute atomic E-state index is 13.1. The highest BCUT2D eigenvalue weighted by atomic mass is 35.5. The highest BCUT2D eigenvalue weighted by Crippen LogP contribution is 2.17. The van der Waals surface area contributed by atoms with Crippen molar-refractivity contribution in [3.63, 3.8) is 0 Å². The Morgan fingerprint density at radius 2 is 1.86 bits per heavy atom. The highest BCUT2D eigenvalue weighted by Gasteiger charge is 2.24. The van der Waals surface area contributed by atoms with E-state index < -0.39 is 0 Å². The molecule has 0 spiro atoms. The van der Waals surface area contributed by atoms with Gasteiger partial charge in [-0.25, -0.2) is 0 Å². The molecule has 158 valence electrons. The van der Waals surface area contributed by atoms with Crippen molar-refractivity contribution in [2.75, 3.05) is 33.4 Å². The Bertz CT molecular complexity index is 806. The van der Waals surface area contributed by atoms with E-state index in [4.69, 9.17) is 16.3 Å². The maximum atomic E-state index is 13.1. The van der Waals surface area contributed by atoms with Crippen LogP contribution in [0.4, 0.5) is 0 Å². The fourth-order valence-electron chi connectivity index (χ4n) is 3.02. The molecular weight excluding hydrogens is 390 g/mol. The van der Waals surface area contributed by atoms with Crippen molar-refractivity contribution >= 4 is 23.4 Å². The van der Waals surface area contributed by atoms with Crippen LogP contribution in [0.15, 0.2) is 42.6 Å². The number of methoxy groups -OCH3 is 1. The van der Waals surface area contributed by atoms with Crippen molar-refractivity contribution in [2.45, 2.75) is 26.3 Å². The second kappa shape index (κ2) is 11.6. The van der Waals surface area contributed by atoms with Gasteiger partial charge >= 0.3 is 0 Å². The lowest BCUT2D eigenvalue weighted by molar-refractivity contribution is -0.132. The summed E-state index contributed by atoms with van der Waals surface area (Å²) in [6.45, 7) is 3.91. The second-order valence-electron chi connectivity index (χ2n) is 6.98. The molecule has 2 amide bonds. The molecule has 0 aliphatic heterocycles. The van der Waals surface area contributed by atoms with Crippen molar-refractivity contribution in [1.82, 2.24) is 14.4 Å². The van der Waals surface area contributed by atoms with Crippen LogP contribution in [-0.4, -0.2) is 59.5 Å². The Morgan fingerprint density at radius 1 is 1.10 bits per heavy atom. The fourth-order valence-corrected chi connectivity index (χ4v) is 3.24. The van der Waals surface area contributed by atoms with E-state index in [-0.39, 0.29) is 18.4 Å². The van der Waals surface area contributed by atoms with Crippen LogP contribution in [0.3, 0.4) is 0 Å². The fraction of sp³-hybridized carbons (Fsp3) is 0.455. The van der Waals surface area contributed by atoms with Crippen molar-refractivity contribution in [2.24, 2.45) is 7.05 Å². The molecule has 1 aromatic carbocycles. The van der Waals surface area contributed by atoms with Crippen LogP contribution in [0.2, 0.25) is 5.02 Å². The number of aryl methyl sites for hydroxylation is 1. The zero-order valence-corrected chi connectivity index (χ0v) is 18.2. The van der Waals surface area contributed by atoms with Gasteiger partial charge in [-0.2, -0.15) is 0 Å². The monoisotopic (exact) mass is 419 g/mol. The number of hydrogen-bond donors (Lipinski definition) is 0. The van der Waals surface area contributed by atoms with E-state index in [0.717, 1.165) is 18.5 Å². The van der Waals surface area contributed by atoms with Gasteiger partial charge in [0.1, 0.15) is 6.54 Å². The van der Waals surface area contributed by atoms with Gasteiger partial charge in [-0.1, -0.05) is 37.1 Å². The number of carbonyl (C=O) groups excluding carboxylic acids is 2. The third-order valence-corrected chi connectivity index (χ3v) is 5.15. The molecule has 29 heavy (non-hydrogen) atoms. The van der Waals surface area contributed by atoms with Gasteiger partial charge in [-0.15, -0.1) is 0 Å². The molecule has 0 saturated heterocycles. The molecular formula is C22H30ClN3O3. The molecule has 0 unspecified atom stereocenters. The summed E-state index contributed by atoms with van der Waals surface area (Å²) in [4.78, 5) is 29.5. The zero-order chi connectivity index (χ0) is 21.2. The number of amides is 2. The summed E-state index contributed by atoms with van der Waals surface area (Å²) < 4.78 is 7.15. The summed E-state index contributed by atoms with van der Waals surface area (Å²) in [7, 11) is 3.53. The van der Waals surface area contributed by atoms with E-state index in [1.54, 1.807) is 31.4 Å². The van der Waals surface area contributed by atoms with Gasteiger partial charge in [0, 0.05) is 39.1 Å². The highest BCUT2D eigenvalue weighted by molar-refractivity contribution is 6.33. The third kappa shape index (κ3) is 6.61. The summed E-state index contributed by atoms with van der Waals surface area (Å²) in [6.07, 6.45) is 3.86. The minimum atomic E-state index is -0.268. The van der Waals surface area contributed by atoms with Gasteiger partial charge < -0.3 is 19.1 Å². The molecule has 2 rings (SSSR count). The Balaban J connectivity index is 2.17. The van der Waals surface area contributed by atoms with Crippen LogP contribution in [0.5, 0.6) is 0 Å². The van der Waals surface area contributed by atoms with E-state index >= 15 is 0 Å². The molecule has 6 nitrogen and oxygen atoms in total. The van der Waals surface area contributed by atoms with E-state index in [1.807, 2.05) is 34.8 Å². The summed E-state index contributed by atoms with van der Waals surface area (Å²) in [5.74, 6) is -0.355. The molecule has 0 radical (unpaired) electrons. The molecule has 0 bridgehead atoms. The number of rotatable bonds is 11. The first kappa shape index (κ1) is 23.0. The van der Waals surface area contributed by atoms with E-state index in [1.165, 1.54) is 4.90 Å². The van der Waals surface area contributed by atoms with Gasteiger partial charge in [0.2, 0.25) is 5.91 Å². The first-order valence-corrected chi connectivity index (χ1v) is 10.3. The largest absolute Gasteiger partial charge is 0.383 e. The van der Waals surface area contributed by atoms with E-state index in [2.05, 4.69) is 6.92 Å². The van der Waals surface area contributed by atoms with Crippen LogP contribution in [0.1, 0.15) is 35.8 Å². The normalized spacial score (nSPS) is 10.8. The van der Waals surface area contributed by atoms with Crippen molar-refractivity contribution < 1.29 is 14.3 Å². The Morgan fingerprint density at radius 3 is 2.48 bits per heavy atom. The number of nitrogens with zero attached hydrogens (tertiary/aromatic N) is 3. The Labute approximate surface area is 178 Å². The van der Waals surface area contributed by atoms with Crippen LogP contribution in [0, 0.1) is 0 Å². The van der Waals surface area contributed by atoms with Crippen molar-refractivity contribution in [3.8, 4) is 0 Å². The minimum Gasteiger partial charge on any atom is -0.383 e. The number of carbonyl (C=O) groups is 2. The second-order valence-corrected chi connectivity index (χ2v) is 7.39. The zero-order valence-electron chi connectivity index (χ0n) is 17.4. The van der Waals surface area contributed by atoms with Crippen LogP contribution < -0.4 is 0 Å². The molecule has 0 saturated carbocycles. The quantitative estimate of drug-likeness (QED) is 0.559. The van der Waals surface area contributed by atoms with E-state index in [9.17, 15) is 9.59 Å². The summed E-state index contributed by atoms with van der Waals surface area (Å²) >= 11 is 6.20. The molecule has 0 aliphatic rings. The topological polar surface area (TPSA) is 54.8 Å². The SMILES string of the molecule is CCCCN(Cc1cccn1C)C(=O)CN(CCOC)C(=O)c1ccccc1Cl. The summed E-state index contributed by atoms with van der Waals surface area (Å²) in [5.41, 5.74) is 1.44. The molecule has 1 aromatic heterocycles. The first-order chi connectivity index (χ1) is 14.0. The maximum Gasteiger partial charge on any atom is 0.255 e. The van der Waals surface area contributed by atoms with Crippen LogP contribution in [0.25, 0.3) is 0 Å². The summed E-state index contributed by atoms with van der Waals surface area (Å²) in [5, 5.41) is 0.374.